The number of ether oxygens (including phenoxy) is 2. The lowest BCUT2D eigenvalue weighted by Crippen LogP contribution is -2.56. The van der Waals surface area contributed by atoms with Crippen LogP contribution in [-0.4, -0.2) is 65.6 Å². The summed E-state index contributed by atoms with van der Waals surface area (Å²) in [5.41, 5.74) is 4.87. The van der Waals surface area contributed by atoms with Gasteiger partial charge in [0.1, 0.15) is 5.75 Å². The fraction of sp³-hybridized carbons (Fsp3) is 0.500. The Kier molecular flexibility index (Phi) is 4.07. The molecular formula is C18H21N3O5. The minimum atomic E-state index is -0.662. The second-order valence-corrected chi connectivity index (χ2v) is 6.84. The van der Waals surface area contributed by atoms with Gasteiger partial charge in [-0.1, -0.05) is 6.07 Å². The summed E-state index contributed by atoms with van der Waals surface area (Å²) in [6.45, 7) is 1.59. The average Bonchev–Trinajstić information content (AvgIpc) is 3.12. The maximum absolute atomic E-state index is 13.1. The van der Waals surface area contributed by atoms with Crippen LogP contribution in [0.3, 0.4) is 0 Å². The number of hydrogen-bond acceptors (Lipinski definition) is 5. The Morgan fingerprint density at radius 3 is 3.00 bits per heavy atom. The van der Waals surface area contributed by atoms with E-state index in [-0.39, 0.29) is 24.5 Å². The van der Waals surface area contributed by atoms with E-state index in [0.717, 1.165) is 6.42 Å². The summed E-state index contributed by atoms with van der Waals surface area (Å²) in [5.74, 6) is -0.296. The maximum Gasteiger partial charge on any atom is 0.255 e. The van der Waals surface area contributed by atoms with Crippen LogP contribution in [0.15, 0.2) is 24.3 Å². The smallest absolute Gasteiger partial charge is 0.255 e. The maximum atomic E-state index is 13.1. The number of nitrogens with two attached hydrogens (primary N) is 1. The number of rotatable bonds is 4. The van der Waals surface area contributed by atoms with E-state index < -0.39 is 11.6 Å². The highest BCUT2D eigenvalue weighted by Gasteiger charge is 2.61. The highest BCUT2D eigenvalue weighted by atomic mass is 16.5. The van der Waals surface area contributed by atoms with Gasteiger partial charge >= 0.3 is 0 Å². The molecule has 4 rings (SSSR count). The largest absolute Gasteiger partial charge is 0.484 e. The van der Waals surface area contributed by atoms with Crippen molar-refractivity contribution in [3.05, 3.63) is 29.8 Å². The zero-order chi connectivity index (χ0) is 18.3. The molecule has 2 N–H and O–H groups in total. The van der Waals surface area contributed by atoms with E-state index >= 15 is 0 Å². The van der Waals surface area contributed by atoms with E-state index in [9.17, 15) is 14.4 Å². The van der Waals surface area contributed by atoms with Gasteiger partial charge in [-0.3, -0.25) is 14.4 Å². The molecule has 3 saturated heterocycles. The molecule has 3 heterocycles. The van der Waals surface area contributed by atoms with Gasteiger partial charge in [-0.05, 0) is 24.6 Å². The highest BCUT2D eigenvalue weighted by Crippen LogP contribution is 2.45. The molecule has 1 aromatic carbocycles. The van der Waals surface area contributed by atoms with Gasteiger partial charge in [0.15, 0.2) is 12.3 Å². The van der Waals surface area contributed by atoms with E-state index in [2.05, 4.69) is 0 Å². The lowest BCUT2D eigenvalue weighted by molar-refractivity contribution is -0.179. The summed E-state index contributed by atoms with van der Waals surface area (Å²) in [4.78, 5) is 39.8. The highest BCUT2D eigenvalue weighted by molar-refractivity contribution is 5.96. The number of hydrogen-bond donors (Lipinski definition) is 1. The fourth-order valence-corrected chi connectivity index (χ4v) is 4.23. The summed E-state index contributed by atoms with van der Waals surface area (Å²) in [7, 11) is 0. The lowest BCUT2D eigenvalue weighted by Gasteiger charge is -2.42. The van der Waals surface area contributed by atoms with Gasteiger partial charge in [0, 0.05) is 25.1 Å². The second kappa shape index (κ2) is 6.28. The van der Waals surface area contributed by atoms with E-state index in [1.54, 1.807) is 34.1 Å². The quantitative estimate of drug-likeness (QED) is 0.822. The molecule has 0 aromatic heterocycles. The zero-order valence-corrected chi connectivity index (χ0v) is 14.3. The van der Waals surface area contributed by atoms with Crippen LogP contribution in [0.5, 0.6) is 5.75 Å². The molecule has 2 atom stereocenters. The lowest BCUT2D eigenvalue weighted by atomic mass is 10.0. The van der Waals surface area contributed by atoms with Crippen molar-refractivity contribution in [2.24, 2.45) is 5.73 Å². The van der Waals surface area contributed by atoms with Crippen LogP contribution in [-0.2, 0) is 14.3 Å². The molecule has 3 fully saturated rings. The normalized spacial score (nSPS) is 27.2. The third kappa shape index (κ3) is 2.61. The molecule has 1 spiro atoms. The van der Waals surface area contributed by atoms with Crippen molar-refractivity contribution in [2.45, 2.75) is 31.0 Å². The Hall–Kier alpha value is -2.61. The molecule has 0 saturated carbocycles. The van der Waals surface area contributed by atoms with Gasteiger partial charge < -0.3 is 25.0 Å². The molecule has 0 aliphatic carbocycles. The van der Waals surface area contributed by atoms with Gasteiger partial charge in [-0.25, -0.2) is 0 Å². The summed E-state index contributed by atoms with van der Waals surface area (Å²) in [6, 6.07) is 6.38. The Morgan fingerprint density at radius 1 is 1.35 bits per heavy atom. The number of amides is 3. The third-order valence-corrected chi connectivity index (χ3v) is 5.33. The standard InChI is InChI=1S/C18H21N3O5/c19-15(22)11-25-13-4-1-3-12(9-13)17(24)20-7-5-18-14(20)10-16(23)21(18)6-2-8-26-18/h1,3-4,9,14H,2,5-8,10-11H2,(H2,19,22)/t14-,18+/m1/s1. The first-order valence-corrected chi connectivity index (χ1v) is 8.78. The molecule has 138 valence electrons. The molecule has 0 radical (unpaired) electrons. The molecular weight excluding hydrogens is 338 g/mol. The van der Waals surface area contributed by atoms with Gasteiger partial charge in [0.05, 0.1) is 19.1 Å². The van der Waals surface area contributed by atoms with Crippen molar-refractivity contribution in [1.29, 1.82) is 0 Å². The molecule has 1 aromatic rings. The van der Waals surface area contributed by atoms with E-state index in [4.69, 9.17) is 15.2 Å². The molecule has 8 nitrogen and oxygen atoms in total. The number of carbonyl (C=O) groups excluding carboxylic acids is 3. The topological polar surface area (TPSA) is 102 Å². The average molecular weight is 359 g/mol. The second-order valence-electron chi connectivity index (χ2n) is 6.84. The van der Waals surface area contributed by atoms with Crippen molar-refractivity contribution in [3.8, 4) is 5.75 Å². The Balaban J connectivity index is 1.55. The number of likely N-dealkylation sites (tertiary alicyclic amines) is 1. The van der Waals surface area contributed by atoms with Crippen molar-refractivity contribution < 1.29 is 23.9 Å². The number of nitrogens with zero attached hydrogens (tertiary/aromatic N) is 2. The zero-order valence-electron chi connectivity index (χ0n) is 14.3. The molecule has 26 heavy (non-hydrogen) atoms. The monoisotopic (exact) mass is 359 g/mol. The molecule has 3 aliphatic heterocycles. The number of benzene rings is 1. The van der Waals surface area contributed by atoms with Crippen LogP contribution < -0.4 is 10.5 Å². The molecule has 3 amide bonds. The van der Waals surface area contributed by atoms with E-state index in [1.807, 2.05) is 0 Å². The minimum Gasteiger partial charge on any atom is -0.484 e. The third-order valence-electron chi connectivity index (χ3n) is 5.33. The first-order valence-electron chi connectivity index (χ1n) is 8.78. The van der Waals surface area contributed by atoms with Crippen LogP contribution in [0.25, 0.3) is 0 Å². The molecule has 8 heteroatoms. The van der Waals surface area contributed by atoms with Gasteiger partial charge in [-0.15, -0.1) is 0 Å². The van der Waals surface area contributed by atoms with Crippen molar-refractivity contribution in [3.63, 3.8) is 0 Å². The van der Waals surface area contributed by atoms with Crippen LogP contribution in [0.1, 0.15) is 29.6 Å². The van der Waals surface area contributed by atoms with E-state index in [0.29, 0.717) is 43.9 Å². The predicted octanol–water partition coefficient (Wildman–Crippen LogP) is 0.114. The fourth-order valence-electron chi connectivity index (χ4n) is 4.23. The van der Waals surface area contributed by atoms with Crippen LogP contribution in [0, 0.1) is 0 Å². The summed E-state index contributed by atoms with van der Waals surface area (Å²) >= 11 is 0. The first-order chi connectivity index (χ1) is 12.5. The van der Waals surface area contributed by atoms with Crippen molar-refractivity contribution in [2.75, 3.05) is 26.3 Å². The van der Waals surface area contributed by atoms with E-state index in [1.165, 1.54) is 0 Å². The minimum absolute atomic E-state index is 0.0470. The van der Waals surface area contributed by atoms with Crippen molar-refractivity contribution >= 4 is 17.7 Å². The molecule has 0 unspecified atom stereocenters. The van der Waals surface area contributed by atoms with Gasteiger partial charge in [0.25, 0.3) is 11.8 Å². The summed E-state index contributed by atoms with van der Waals surface area (Å²) in [5, 5.41) is 0. The molecule has 0 bridgehead atoms. The van der Waals surface area contributed by atoms with Crippen LogP contribution in [0.4, 0.5) is 0 Å². The molecule has 3 aliphatic rings. The predicted molar refractivity (Wildman–Crippen MR) is 90.2 cm³/mol. The summed E-state index contributed by atoms with van der Waals surface area (Å²) in [6.07, 6.45) is 1.75. The van der Waals surface area contributed by atoms with Crippen molar-refractivity contribution in [1.82, 2.24) is 9.80 Å². The SMILES string of the molecule is NC(=O)COc1cccc(C(=O)N2CC[C@@]34OCCCN3C(=O)C[C@@H]24)c1. The van der Waals surface area contributed by atoms with Gasteiger partial charge in [-0.2, -0.15) is 0 Å². The van der Waals surface area contributed by atoms with Crippen LogP contribution in [0.2, 0.25) is 0 Å². The Labute approximate surface area is 150 Å². The summed E-state index contributed by atoms with van der Waals surface area (Å²) < 4.78 is 11.3. The Bertz CT molecular complexity index is 767. The first kappa shape index (κ1) is 16.8. The number of carbonyl (C=O) groups is 3. The van der Waals surface area contributed by atoms with Crippen LogP contribution >= 0.6 is 0 Å². The van der Waals surface area contributed by atoms with Gasteiger partial charge in [0.2, 0.25) is 5.91 Å². The number of primary amides is 1. The Morgan fingerprint density at radius 2 is 2.19 bits per heavy atom.